The van der Waals surface area contributed by atoms with Gasteiger partial charge in [-0.15, -0.1) is 0 Å². The van der Waals surface area contributed by atoms with Crippen molar-refractivity contribution in [2.24, 2.45) is 5.92 Å². The van der Waals surface area contributed by atoms with Crippen LogP contribution in [0, 0.1) is 5.92 Å². The van der Waals surface area contributed by atoms with E-state index in [9.17, 15) is 4.79 Å². The van der Waals surface area contributed by atoms with Gasteiger partial charge in [-0.2, -0.15) is 0 Å². The number of hydrogen-bond acceptors (Lipinski definition) is 3. The molecule has 0 bridgehead atoms. The van der Waals surface area contributed by atoms with Gasteiger partial charge in [-0.1, -0.05) is 19.1 Å². The highest BCUT2D eigenvalue weighted by Gasteiger charge is 2.17. The number of benzene rings is 1. The number of ketones is 1. The molecular weight excluding hydrogens is 216 g/mol. The maximum atomic E-state index is 11.7. The van der Waals surface area contributed by atoms with Crippen molar-refractivity contribution in [1.29, 1.82) is 0 Å². The molecule has 1 aliphatic heterocycles. The number of carbonyl (C=O) groups excluding carboxylic acids is 1. The van der Waals surface area contributed by atoms with Gasteiger partial charge in [-0.25, -0.2) is 0 Å². The third-order valence-electron chi connectivity index (χ3n) is 3.01. The molecule has 1 atom stereocenters. The van der Waals surface area contributed by atoms with Crippen LogP contribution >= 0.6 is 0 Å². The van der Waals surface area contributed by atoms with Gasteiger partial charge in [0, 0.05) is 18.9 Å². The minimum absolute atomic E-state index is 0.128. The largest absolute Gasteiger partial charge is 0.492 e. The molecule has 3 heteroatoms. The van der Waals surface area contributed by atoms with E-state index in [-0.39, 0.29) is 5.78 Å². The fraction of sp³-hybridized carbons (Fsp3) is 0.500. The summed E-state index contributed by atoms with van der Waals surface area (Å²) in [5, 5.41) is 0. The third kappa shape index (κ3) is 3.07. The van der Waals surface area contributed by atoms with E-state index in [4.69, 9.17) is 9.47 Å². The Labute approximate surface area is 102 Å². The van der Waals surface area contributed by atoms with E-state index < -0.39 is 0 Å². The summed E-state index contributed by atoms with van der Waals surface area (Å²) in [6.07, 6.45) is 1.55. The predicted molar refractivity (Wildman–Crippen MR) is 65.5 cm³/mol. The molecule has 1 aromatic rings. The molecule has 3 nitrogen and oxygen atoms in total. The summed E-state index contributed by atoms with van der Waals surface area (Å²) in [5.41, 5.74) is 0.689. The predicted octanol–water partition coefficient (Wildman–Crippen LogP) is 2.69. The second-order valence-corrected chi connectivity index (χ2v) is 4.31. The Balaban J connectivity index is 2.01. The van der Waals surface area contributed by atoms with E-state index in [1.807, 2.05) is 31.2 Å². The van der Waals surface area contributed by atoms with Crippen LogP contribution in [0.4, 0.5) is 0 Å². The number of ether oxygens (including phenoxy) is 2. The summed E-state index contributed by atoms with van der Waals surface area (Å²) in [6.45, 7) is 4.09. The van der Waals surface area contributed by atoms with Gasteiger partial charge in [0.25, 0.3) is 0 Å². The normalized spacial score (nSPS) is 19.2. The van der Waals surface area contributed by atoms with Crippen LogP contribution in [0.1, 0.15) is 30.1 Å². The highest BCUT2D eigenvalue weighted by Crippen LogP contribution is 2.21. The van der Waals surface area contributed by atoms with Crippen LogP contribution in [-0.2, 0) is 4.74 Å². The van der Waals surface area contributed by atoms with Gasteiger partial charge in [0.2, 0.25) is 0 Å². The van der Waals surface area contributed by atoms with E-state index in [1.165, 1.54) is 0 Å². The lowest BCUT2D eigenvalue weighted by molar-refractivity contribution is 0.0982. The van der Waals surface area contributed by atoms with Crippen molar-refractivity contribution in [2.45, 2.75) is 19.8 Å². The van der Waals surface area contributed by atoms with Crippen molar-refractivity contribution in [1.82, 2.24) is 0 Å². The highest BCUT2D eigenvalue weighted by molar-refractivity contribution is 5.98. The van der Waals surface area contributed by atoms with E-state index in [2.05, 4.69) is 0 Å². The van der Waals surface area contributed by atoms with Gasteiger partial charge in [-0.05, 0) is 18.6 Å². The zero-order valence-electron chi connectivity index (χ0n) is 10.1. The molecule has 1 heterocycles. The summed E-state index contributed by atoms with van der Waals surface area (Å²) in [6, 6.07) is 7.45. The maximum Gasteiger partial charge on any atom is 0.166 e. The average Bonchev–Trinajstić information content (AvgIpc) is 2.89. The van der Waals surface area contributed by atoms with Crippen molar-refractivity contribution in [3.63, 3.8) is 0 Å². The standard InChI is InChI=1S/C14H18O3/c1-2-13(15)12-5-3-4-6-14(12)17-10-11-7-8-16-9-11/h3-6,11H,2,7-10H2,1H3. The van der Waals surface area contributed by atoms with Crippen LogP contribution in [0.2, 0.25) is 0 Å². The van der Waals surface area contributed by atoms with E-state index >= 15 is 0 Å². The number of para-hydroxylation sites is 1. The molecule has 0 aromatic heterocycles. The lowest BCUT2D eigenvalue weighted by atomic mass is 10.1. The molecule has 1 aromatic carbocycles. The first kappa shape index (κ1) is 12.1. The molecule has 1 aliphatic rings. The van der Waals surface area contributed by atoms with Crippen molar-refractivity contribution < 1.29 is 14.3 Å². The van der Waals surface area contributed by atoms with Crippen LogP contribution < -0.4 is 4.74 Å². The second kappa shape index (κ2) is 5.82. The summed E-state index contributed by atoms with van der Waals surface area (Å²) < 4.78 is 11.0. The Bertz CT molecular complexity index is 381. The zero-order chi connectivity index (χ0) is 12.1. The first-order valence-electron chi connectivity index (χ1n) is 6.14. The molecule has 0 aliphatic carbocycles. The van der Waals surface area contributed by atoms with Gasteiger partial charge in [-0.3, -0.25) is 4.79 Å². The number of Topliss-reactive ketones (excluding diaryl/α,β-unsaturated/α-hetero) is 1. The van der Waals surface area contributed by atoms with Crippen LogP contribution in [0.5, 0.6) is 5.75 Å². The SMILES string of the molecule is CCC(=O)c1ccccc1OCC1CCOC1. The molecule has 2 rings (SSSR count). The van der Waals surface area contributed by atoms with Crippen LogP contribution in [0.15, 0.2) is 24.3 Å². The highest BCUT2D eigenvalue weighted by atomic mass is 16.5. The fourth-order valence-corrected chi connectivity index (χ4v) is 1.94. The molecular formula is C14H18O3. The first-order valence-corrected chi connectivity index (χ1v) is 6.14. The Hall–Kier alpha value is -1.35. The number of carbonyl (C=O) groups is 1. The molecule has 0 amide bonds. The number of rotatable bonds is 5. The van der Waals surface area contributed by atoms with Crippen LogP contribution in [-0.4, -0.2) is 25.6 Å². The lowest BCUT2D eigenvalue weighted by Gasteiger charge is -2.13. The molecule has 1 saturated heterocycles. The second-order valence-electron chi connectivity index (χ2n) is 4.31. The molecule has 0 saturated carbocycles. The third-order valence-corrected chi connectivity index (χ3v) is 3.01. The topological polar surface area (TPSA) is 35.5 Å². The van der Waals surface area contributed by atoms with E-state index in [0.717, 1.165) is 19.6 Å². The van der Waals surface area contributed by atoms with Crippen molar-refractivity contribution in [2.75, 3.05) is 19.8 Å². The van der Waals surface area contributed by atoms with Gasteiger partial charge in [0.15, 0.2) is 5.78 Å². The Morgan fingerprint density at radius 3 is 3.00 bits per heavy atom. The Kier molecular flexibility index (Phi) is 4.15. The first-order chi connectivity index (χ1) is 8.31. The average molecular weight is 234 g/mol. The molecule has 92 valence electrons. The van der Waals surface area contributed by atoms with Crippen molar-refractivity contribution in [3.8, 4) is 5.75 Å². The monoisotopic (exact) mass is 234 g/mol. The van der Waals surface area contributed by atoms with E-state index in [0.29, 0.717) is 30.3 Å². The molecule has 0 spiro atoms. The summed E-state index contributed by atoms with van der Waals surface area (Å²) in [4.78, 5) is 11.7. The summed E-state index contributed by atoms with van der Waals surface area (Å²) in [7, 11) is 0. The van der Waals surface area contributed by atoms with Crippen LogP contribution in [0.3, 0.4) is 0 Å². The van der Waals surface area contributed by atoms with Gasteiger partial charge in [0.05, 0.1) is 18.8 Å². The molecule has 1 fully saturated rings. The minimum atomic E-state index is 0.128. The summed E-state index contributed by atoms with van der Waals surface area (Å²) >= 11 is 0. The quantitative estimate of drug-likeness (QED) is 0.735. The van der Waals surface area contributed by atoms with E-state index in [1.54, 1.807) is 0 Å². The molecule has 0 N–H and O–H groups in total. The van der Waals surface area contributed by atoms with Gasteiger partial charge < -0.3 is 9.47 Å². The Morgan fingerprint density at radius 2 is 2.29 bits per heavy atom. The minimum Gasteiger partial charge on any atom is -0.492 e. The van der Waals surface area contributed by atoms with Gasteiger partial charge >= 0.3 is 0 Å². The molecule has 0 radical (unpaired) electrons. The summed E-state index contributed by atoms with van der Waals surface area (Å²) in [5.74, 6) is 1.29. The van der Waals surface area contributed by atoms with Crippen molar-refractivity contribution >= 4 is 5.78 Å². The van der Waals surface area contributed by atoms with Crippen LogP contribution in [0.25, 0.3) is 0 Å². The fourth-order valence-electron chi connectivity index (χ4n) is 1.94. The molecule has 17 heavy (non-hydrogen) atoms. The Morgan fingerprint density at radius 1 is 1.47 bits per heavy atom. The maximum absolute atomic E-state index is 11.7. The lowest BCUT2D eigenvalue weighted by Crippen LogP contribution is -2.13. The zero-order valence-corrected chi connectivity index (χ0v) is 10.1. The molecule has 1 unspecified atom stereocenters. The van der Waals surface area contributed by atoms with Crippen molar-refractivity contribution in [3.05, 3.63) is 29.8 Å². The van der Waals surface area contributed by atoms with Gasteiger partial charge in [0.1, 0.15) is 5.75 Å². The number of hydrogen-bond donors (Lipinski definition) is 0. The smallest absolute Gasteiger partial charge is 0.166 e.